The van der Waals surface area contributed by atoms with Gasteiger partial charge in [0.1, 0.15) is 16.9 Å². The highest BCUT2D eigenvalue weighted by atomic mass is 16.6. The summed E-state index contributed by atoms with van der Waals surface area (Å²) in [5.41, 5.74) is -0.954. The fourth-order valence-corrected chi connectivity index (χ4v) is 3.16. The molecule has 142 valence electrons. The Morgan fingerprint density at radius 2 is 1.85 bits per heavy atom. The summed E-state index contributed by atoms with van der Waals surface area (Å²) in [5.74, 6) is -0.765. The summed E-state index contributed by atoms with van der Waals surface area (Å²) in [6, 6.07) is 6.35. The van der Waals surface area contributed by atoms with Crippen molar-refractivity contribution >= 4 is 22.9 Å². The highest BCUT2D eigenvalue weighted by Gasteiger charge is 2.49. The predicted molar refractivity (Wildman–Crippen MR) is 96.4 cm³/mol. The van der Waals surface area contributed by atoms with Gasteiger partial charge in [-0.25, -0.2) is 9.59 Å². The lowest BCUT2D eigenvalue weighted by molar-refractivity contribution is -0.185. The molecular weight excluding hydrogens is 352 g/mol. The number of carbonyl (C=O) groups excluding carboxylic acids is 2. The normalized spacial score (nSPS) is 20.7. The highest BCUT2D eigenvalue weighted by Crippen LogP contribution is 2.46. The third kappa shape index (κ3) is 3.58. The van der Waals surface area contributed by atoms with E-state index in [1.54, 1.807) is 45.0 Å². The molecule has 1 aromatic heterocycles. The van der Waals surface area contributed by atoms with E-state index in [0.717, 1.165) is 0 Å². The van der Waals surface area contributed by atoms with E-state index in [-0.39, 0.29) is 5.58 Å². The van der Waals surface area contributed by atoms with E-state index < -0.39 is 35.4 Å². The Morgan fingerprint density at radius 3 is 2.52 bits per heavy atom. The van der Waals surface area contributed by atoms with Gasteiger partial charge in [-0.1, -0.05) is 6.08 Å². The number of carbonyl (C=O) groups is 2. The van der Waals surface area contributed by atoms with Crippen molar-refractivity contribution in [2.75, 3.05) is 0 Å². The van der Waals surface area contributed by atoms with Crippen LogP contribution in [0.25, 0.3) is 11.0 Å². The molecule has 3 rings (SSSR count). The van der Waals surface area contributed by atoms with Gasteiger partial charge in [-0.2, -0.15) is 0 Å². The zero-order valence-electron chi connectivity index (χ0n) is 15.5. The molecule has 0 spiro atoms. The number of benzene rings is 1. The van der Waals surface area contributed by atoms with E-state index in [2.05, 4.69) is 0 Å². The highest BCUT2D eigenvalue weighted by molar-refractivity contribution is 5.84. The van der Waals surface area contributed by atoms with Gasteiger partial charge in [-0.05, 0) is 39.0 Å². The molecule has 0 bridgehead atoms. The number of rotatable bonds is 3. The van der Waals surface area contributed by atoms with Crippen LogP contribution in [0, 0.1) is 0 Å². The van der Waals surface area contributed by atoms with Crippen molar-refractivity contribution in [3.8, 4) is 5.75 Å². The van der Waals surface area contributed by atoms with Crippen LogP contribution < -0.4 is 10.4 Å². The van der Waals surface area contributed by atoms with Crippen molar-refractivity contribution in [1.29, 1.82) is 0 Å². The topological polar surface area (TPSA) is 92.0 Å². The molecule has 0 radical (unpaired) electrons. The van der Waals surface area contributed by atoms with Gasteiger partial charge in [0.2, 0.25) is 0 Å². The van der Waals surface area contributed by atoms with Crippen molar-refractivity contribution in [2.45, 2.75) is 45.5 Å². The Bertz CT molecular complexity index is 983. The number of allylic oxidation sites excluding steroid dienone is 1. The quantitative estimate of drug-likeness (QED) is 0.464. The van der Waals surface area contributed by atoms with Crippen molar-refractivity contribution < 1.29 is 28.2 Å². The van der Waals surface area contributed by atoms with Gasteiger partial charge in [0.05, 0.1) is 5.56 Å². The van der Waals surface area contributed by atoms with Crippen LogP contribution in [0.5, 0.6) is 5.75 Å². The molecule has 1 aliphatic heterocycles. The van der Waals surface area contributed by atoms with Gasteiger partial charge in [-0.15, -0.1) is 0 Å². The summed E-state index contributed by atoms with van der Waals surface area (Å²) in [5, 5.41) is 0.632. The standard InChI is InChI=1S/C20H20O7/c1-5-6-14(22)26-19-18(24-11(2)21)16-13(27-20(19,3)4)9-7-12-8-10-15(23)25-17(12)16/h5-10,18-19H,1-4H3/b6-5+/t18-,19-/m0/s1. The second-order valence-corrected chi connectivity index (χ2v) is 6.74. The number of fused-ring (bicyclic) bond motifs is 3. The summed E-state index contributed by atoms with van der Waals surface area (Å²) in [7, 11) is 0. The molecule has 0 fully saturated rings. The number of hydrogen-bond acceptors (Lipinski definition) is 7. The Kier molecular flexibility index (Phi) is 4.78. The maximum atomic E-state index is 12.1. The third-order valence-corrected chi connectivity index (χ3v) is 4.24. The van der Waals surface area contributed by atoms with E-state index in [1.165, 1.54) is 19.1 Å². The summed E-state index contributed by atoms with van der Waals surface area (Å²) in [6.07, 6.45) is 0.862. The van der Waals surface area contributed by atoms with Crippen molar-refractivity contribution in [3.05, 3.63) is 52.4 Å². The first kappa shape index (κ1) is 18.7. The van der Waals surface area contributed by atoms with Gasteiger partial charge in [-0.3, -0.25) is 4.79 Å². The lowest BCUT2D eigenvalue weighted by Gasteiger charge is -2.43. The van der Waals surface area contributed by atoms with Crippen LogP contribution in [-0.4, -0.2) is 23.6 Å². The summed E-state index contributed by atoms with van der Waals surface area (Å²) < 4.78 is 22.4. The smallest absolute Gasteiger partial charge is 0.336 e. The van der Waals surface area contributed by atoms with Crippen LogP contribution in [0.2, 0.25) is 0 Å². The summed E-state index contributed by atoms with van der Waals surface area (Å²) in [6.45, 7) is 6.40. The lowest BCUT2D eigenvalue weighted by atomic mass is 9.87. The molecule has 1 aliphatic rings. The molecule has 0 unspecified atom stereocenters. The van der Waals surface area contributed by atoms with Gasteiger partial charge < -0.3 is 18.6 Å². The molecule has 1 aromatic carbocycles. The minimum absolute atomic E-state index is 0.230. The molecule has 7 nitrogen and oxygen atoms in total. The zero-order chi connectivity index (χ0) is 19.8. The van der Waals surface area contributed by atoms with E-state index in [0.29, 0.717) is 16.7 Å². The number of esters is 2. The van der Waals surface area contributed by atoms with Crippen LogP contribution in [0.3, 0.4) is 0 Å². The zero-order valence-corrected chi connectivity index (χ0v) is 15.5. The van der Waals surface area contributed by atoms with E-state index in [4.69, 9.17) is 18.6 Å². The largest absolute Gasteiger partial charge is 0.483 e. The summed E-state index contributed by atoms with van der Waals surface area (Å²) in [4.78, 5) is 35.6. The molecule has 2 heterocycles. The molecule has 0 amide bonds. The number of ether oxygens (including phenoxy) is 3. The molecule has 2 atom stereocenters. The first-order chi connectivity index (χ1) is 12.7. The van der Waals surface area contributed by atoms with E-state index >= 15 is 0 Å². The molecule has 0 N–H and O–H groups in total. The van der Waals surface area contributed by atoms with E-state index in [9.17, 15) is 14.4 Å². The van der Waals surface area contributed by atoms with Crippen molar-refractivity contribution in [1.82, 2.24) is 0 Å². The van der Waals surface area contributed by atoms with E-state index in [1.807, 2.05) is 0 Å². The predicted octanol–water partition coefficient (Wildman–Crippen LogP) is 3.06. The molecule has 7 heteroatoms. The molecule has 27 heavy (non-hydrogen) atoms. The van der Waals surface area contributed by atoms with Crippen LogP contribution >= 0.6 is 0 Å². The van der Waals surface area contributed by atoms with Crippen molar-refractivity contribution in [2.24, 2.45) is 0 Å². The fraction of sp³-hybridized carbons (Fsp3) is 0.350. The van der Waals surface area contributed by atoms with Crippen LogP contribution in [0.1, 0.15) is 39.4 Å². The Morgan fingerprint density at radius 1 is 1.15 bits per heavy atom. The Labute approximate surface area is 155 Å². The molecule has 0 aliphatic carbocycles. The van der Waals surface area contributed by atoms with Crippen molar-refractivity contribution in [3.63, 3.8) is 0 Å². The second-order valence-electron chi connectivity index (χ2n) is 6.74. The average molecular weight is 372 g/mol. The molecule has 2 aromatic rings. The third-order valence-electron chi connectivity index (χ3n) is 4.24. The Balaban J connectivity index is 2.22. The first-order valence-corrected chi connectivity index (χ1v) is 8.49. The maximum absolute atomic E-state index is 12.1. The minimum Gasteiger partial charge on any atom is -0.483 e. The van der Waals surface area contributed by atoms with Gasteiger partial charge in [0, 0.05) is 24.5 Å². The summed E-state index contributed by atoms with van der Waals surface area (Å²) >= 11 is 0. The van der Waals surface area contributed by atoms with Gasteiger partial charge >= 0.3 is 17.6 Å². The molecule has 0 saturated heterocycles. The van der Waals surface area contributed by atoms with Crippen LogP contribution in [0.15, 0.2) is 45.6 Å². The number of hydrogen-bond donors (Lipinski definition) is 0. The first-order valence-electron chi connectivity index (χ1n) is 8.49. The second kappa shape index (κ2) is 6.90. The van der Waals surface area contributed by atoms with Gasteiger partial charge in [0.25, 0.3) is 0 Å². The fourth-order valence-electron chi connectivity index (χ4n) is 3.16. The van der Waals surface area contributed by atoms with Crippen LogP contribution in [-0.2, 0) is 19.1 Å². The maximum Gasteiger partial charge on any atom is 0.336 e. The molecular formula is C20H20O7. The molecule has 0 saturated carbocycles. The average Bonchev–Trinajstić information content (AvgIpc) is 2.56. The lowest BCUT2D eigenvalue weighted by Crippen LogP contribution is -2.52. The Hall–Kier alpha value is -3.09. The minimum atomic E-state index is -0.996. The monoisotopic (exact) mass is 372 g/mol. The van der Waals surface area contributed by atoms with Crippen LogP contribution in [0.4, 0.5) is 0 Å². The van der Waals surface area contributed by atoms with Gasteiger partial charge in [0.15, 0.2) is 12.2 Å². The SMILES string of the molecule is C/C=C/C(=O)O[C@H]1[C@@H](OC(C)=O)c2c(ccc3ccc(=O)oc23)OC1(C)C.